The number of benzene rings is 1. The van der Waals surface area contributed by atoms with Crippen molar-refractivity contribution in [2.75, 3.05) is 13.2 Å². The van der Waals surface area contributed by atoms with Crippen LogP contribution in [0.4, 0.5) is 5.69 Å². The van der Waals surface area contributed by atoms with Gasteiger partial charge in [0.1, 0.15) is 0 Å². The Morgan fingerprint density at radius 2 is 2.30 bits per heavy atom. The van der Waals surface area contributed by atoms with E-state index in [4.69, 9.17) is 4.74 Å². The molecule has 1 fully saturated rings. The number of nitrogens with zero attached hydrogens (tertiary/aromatic N) is 1. The molecule has 0 amide bonds. The number of nitro benzene ring substituents is 1. The molecule has 0 radical (unpaired) electrons. The van der Waals surface area contributed by atoms with E-state index in [0.717, 1.165) is 24.9 Å². The molecule has 0 bridgehead atoms. The lowest BCUT2D eigenvalue weighted by atomic mass is 10.0. The number of piperidine rings is 1. The average molecular weight is 343 g/mol. The molecule has 1 saturated heterocycles. The molecular formula is C14H19BrN2O3. The average Bonchev–Trinajstić information content (AvgIpc) is 2.41. The van der Waals surface area contributed by atoms with Crippen LogP contribution >= 0.6 is 15.9 Å². The number of nitrogens with one attached hydrogen (secondary N) is 1. The highest BCUT2D eigenvalue weighted by Gasteiger charge is 2.19. The lowest BCUT2D eigenvalue weighted by Crippen LogP contribution is -2.35. The fraction of sp³-hybridized carbons (Fsp3) is 0.571. The van der Waals surface area contributed by atoms with Gasteiger partial charge in [0.15, 0.2) is 5.75 Å². The predicted molar refractivity (Wildman–Crippen MR) is 81.3 cm³/mol. The first-order valence-electron chi connectivity index (χ1n) is 6.88. The molecule has 0 aromatic heterocycles. The number of rotatable bonds is 5. The van der Waals surface area contributed by atoms with E-state index in [2.05, 4.69) is 21.2 Å². The van der Waals surface area contributed by atoms with Gasteiger partial charge in [0.25, 0.3) is 0 Å². The smallest absolute Gasteiger partial charge is 0.312 e. The molecule has 1 aromatic carbocycles. The summed E-state index contributed by atoms with van der Waals surface area (Å²) < 4.78 is 6.38. The van der Waals surface area contributed by atoms with Crippen molar-refractivity contribution in [1.29, 1.82) is 0 Å². The van der Waals surface area contributed by atoms with Crippen molar-refractivity contribution in [3.8, 4) is 5.75 Å². The van der Waals surface area contributed by atoms with Crippen molar-refractivity contribution in [2.24, 2.45) is 0 Å². The number of ether oxygens (including phenoxy) is 1. The Morgan fingerprint density at radius 3 is 2.95 bits per heavy atom. The van der Waals surface area contributed by atoms with Crippen LogP contribution in [-0.4, -0.2) is 24.1 Å². The fourth-order valence-electron chi connectivity index (χ4n) is 2.51. The highest BCUT2D eigenvalue weighted by Crippen LogP contribution is 2.34. The molecule has 1 N–H and O–H groups in total. The van der Waals surface area contributed by atoms with Crippen LogP contribution < -0.4 is 10.1 Å². The fourth-order valence-corrected chi connectivity index (χ4v) is 3.07. The second-order valence-corrected chi connectivity index (χ2v) is 6.03. The van der Waals surface area contributed by atoms with E-state index >= 15 is 0 Å². The van der Waals surface area contributed by atoms with Gasteiger partial charge in [-0.25, -0.2) is 0 Å². The van der Waals surface area contributed by atoms with Gasteiger partial charge in [0, 0.05) is 16.6 Å². The van der Waals surface area contributed by atoms with Gasteiger partial charge >= 0.3 is 5.69 Å². The molecule has 0 saturated carbocycles. The van der Waals surface area contributed by atoms with Crippen LogP contribution in [0, 0.1) is 17.0 Å². The SMILES string of the molecule is Cc1cc(Br)cc([N+](=O)[O-])c1OCCC1CCCCN1. The van der Waals surface area contributed by atoms with Gasteiger partial charge in [-0.05, 0) is 44.4 Å². The van der Waals surface area contributed by atoms with Crippen molar-refractivity contribution in [3.63, 3.8) is 0 Å². The van der Waals surface area contributed by atoms with Gasteiger partial charge < -0.3 is 10.1 Å². The summed E-state index contributed by atoms with van der Waals surface area (Å²) in [6.45, 7) is 3.38. The van der Waals surface area contributed by atoms with E-state index in [1.807, 2.05) is 13.0 Å². The van der Waals surface area contributed by atoms with Crippen LogP contribution in [0.3, 0.4) is 0 Å². The minimum atomic E-state index is -0.397. The van der Waals surface area contributed by atoms with Crippen molar-refractivity contribution >= 4 is 21.6 Å². The maximum absolute atomic E-state index is 11.1. The van der Waals surface area contributed by atoms with Gasteiger partial charge in [0.05, 0.1) is 11.5 Å². The summed E-state index contributed by atoms with van der Waals surface area (Å²) in [5, 5.41) is 14.5. The Kier molecular flexibility index (Phi) is 5.37. The summed E-state index contributed by atoms with van der Waals surface area (Å²) in [7, 11) is 0. The molecule has 1 unspecified atom stereocenters. The summed E-state index contributed by atoms with van der Waals surface area (Å²) >= 11 is 3.28. The van der Waals surface area contributed by atoms with Crippen molar-refractivity contribution < 1.29 is 9.66 Å². The number of aryl methyl sites for hydroxylation is 1. The second kappa shape index (κ2) is 7.04. The topological polar surface area (TPSA) is 64.4 Å². The molecule has 1 atom stereocenters. The zero-order chi connectivity index (χ0) is 14.5. The maximum atomic E-state index is 11.1. The van der Waals surface area contributed by atoms with Gasteiger partial charge in [-0.3, -0.25) is 10.1 Å². The van der Waals surface area contributed by atoms with E-state index in [9.17, 15) is 10.1 Å². The van der Waals surface area contributed by atoms with E-state index in [0.29, 0.717) is 22.9 Å². The monoisotopic (exact) mass is 342 g/mol. The molecule has 0 spiro atoms. The third-order valence-corrected chi connectivity index (χ3v) is 4.00. The Hall–Kier alpha value is -1.14. The van der Waals surface area contributed by atoms with Crippen LogP contribution in [0.2, 0.25) is 0 Å². The normalized spacial score (nSPS) is 18.8. The van der Waals surface area contributed by atoms with Crippen LogP contribution in [0.1, 0.15) is 31.2 Å². The molecular weight excluding hydrogens is 324 g/mol. The summed E-state index contributed by atoms with van der Waals surface area (Å²) in [4.78, 5) is 10.7. The molecule has 5 nitrogen and oxygen atoms in total. The van der Waals surface area contributed by atoms with E-state index in [-0.39, 0.29) is 5.69 Å². The minimum Gasteiger partial charge on any atom is -0.487 e. The standard InChI is InChI=1S/C14H19BrN2O3/c1-10-8-11(15)9-13(17(18)19)14(10)20-7-5-12-4-2-3-6-16-12/h8-9,12,16H,2-7H2,1H3. The molecule has 1 aromatic rings. The number of hydrogen-bond acceptors (Lipinski definition) is 4. The Balaban J connectivity index is 1.99. The van der Waals surface area contributed by atoms with Gasteiger partial charge in [-0.1, -0.05) is 22.4 Å². The zero-order valence-electron chi connectivity index (χ0n) is 11.5. The quantitative estimate of drug-likeness (QED) is 0.656. The van der Waals surface area contributed by atoms with Crippen molar-refractivity contribution in [1.82, 2.24) is 5.32 Å². The van der Waals surface area contributed by atoms with Gasteiger partial charge in [0.2, 0.25) is 0 Å². The Bertz CT molecular complexity index is 488. The van der Waals surface area contributed by atoms with Crippen LogP contribution in [0.15, 0.2) is 16.6 Å². The molecule has 20 heavy (non-hydrogen) atoms. The summed E-state index contributed by atoms with van der Waals surface area (Å²) in [6, 6.07) is 3.79. The van der Waals surface area contributed by atoms with Crippen LogP contribution in [0.25, 0.3) is 0 Å². The number of hydrogen-bond donors (Lipinski definition) is 1. The van der Waals surface area contributed by atoms with Gasteiger partial charge in [-0.15, -0.1) is 0 Å². The highest BCUT2D eigenvalue weighted by atomic mass is 79.9. The Labute approximate surface area is 127 Å². The second-order valence-electron chi connectivity index (χ2n) is 5.11. The summed E-state index contributed by atoms with van der Waals surface area (Å²) in [6.07, 6.45) is 4.52. The molecule has 1 aliphatic rings. The Morgan fingerprint density at radius 1 is 1.50 bits per heavy atom. The van der Waals surface area contributed by atoms with E-state index in [1.54, 1.807) is 0 Å². The molecule has 2 rings (SSSR count). The van der Waals surface area contributed by atoms with Crippen molar-refractivity contribution in [3.05, 3.63) is 32.3 Å². The van der Waals surface area contributed by atoms with Crippen LogP contribution in [-0.2, 0) is 0 Å². The molecule has 1 heterocycles. The van der Waals surface area contributed by atoms with Gasteiger partial charge in [-0.2, -0.15) is 0 Å². The maximum Gasteiger partial charge on any atom is 0.312 e. The molecule has 0 aliphatic carbocycles. The number of halogens is 1. The van der Waals surface area contributed by atoms with Crippen molar-refractivity contribution in [2.45, 2.75) is 38.6 Å². The third-order valence-electron chi connectivity index (χ3n) is 3.54. The third kappa shape index (κ3) is 3.93. The first-order valence-corrected chi connectivity index (χ1v) is 7.68. The van der Waals surface area contributed by atoms with E-state index in [1.165, 1.54) is 18.9 Å². The highest BCUT2D eigenvalue weighted by molar-refractivity contribution is 9.10. The lowest BCUT2D eigenvalue weighted by molar-refractivity contribution is -0.386. The largest absolute Gasteiger partial charge is 0.487 e. The lowest BCUT2D eigenvalue weighted by Gasteiger charge is -2.23. The molecule has 1 aliphatic heterocycles. The minimum absolute atomic E-state index is 0.0217. The first-order chi connectivity index (χ1) is 9.58. The number of nitro groups is 1. The van der Waals surface area contributed by atoms with Crippen LogP contribution in [0.5, 0.6) is 5.75 Å². The zero-order valence-corrected chi connectivity index (χ0v) is 13.1. The van der Waals surface area contributed by atoms with E-state index < -0.39 is 4.92 Å². The first kappa shape index (κ1) is 15.3. The summed E-state index contributed by atoms with van der Waals surface area (Å²) in [5.41, 5.74) is 0.802. The predicted octanol–water partition coefficient (Wildman–Crippen LogP) is 3.58. The summed E-state index contributed by atoms with van der Waals surface area (Å²) in [5.74, 6) is 0.383. The molecule has 110 valence electrons. The molecule has 6 heteroatoms.